The number of unbranched alkanes of at least 4 members (excludes halogenated alkanes) is 1. The Morgan fingerprint density at radius 2 is 2.00 bits per heavy atom. The van der Waals surface area contributed by atoms with E-state index in [9.17, 15) is 4.79 Å². The standard InChI is InChI=1S/C10H23N3O/c1-9(2)7-13(8-10(12)14)6-4-3-5-11/h9H,3-8,11H2,1-2H3,(H2,12,14). The molecule has 0 saturated heterocycles. The number of amides is 1. The van der Waals surface area contributed by atoms with Gasteiger partial charge in [0.25, 0.3) is 0 Å². The lowest BCUT2D eigenvalue weighted by Gasteiger charge is -2.22. The van der Waals surface area contributed by atoms with E-state index in [0.29, 0.717) is 19.0 Å². The predicted octanol–water partition coefficient (Wildman–Crippen LogP) is 0.169. The summed E-state index contributed by atoms with van der Waals surface area (Å²) in [4.78, 5) is 12.9. The van der Waals surface area contributed by atoms with Crippen LogP contribution in [0.2, 0.25) is 0 Å². The average Bonchev–Trinajstić information content (AvgIpc) is 2.02. The van der Waals surface area contributed by atoms with Gasteiger partial charge in [-0.05, 0) is 31.8 Å². The minimum atomic E-state index is -0.251. The van der Waals surface area contributed by atoms with E-state index in [1.807, 2.05) is 0 Å². The molecule has 14 heavy (non-hydrogen) atoms. The molecule has 4 nitrogen and oxygen atoms in total. The molecule has 0 rings (SSSR count). The Kier molecular flexibility index (Phi) is 7.42. The van der Waals surface area contributed by atoms with Gasteiger partial charge in [-0.1, -0.05) is 13.8 Å². The molecule has 0 aromatic rings. The largest absolute Gasteiger partial charge is 0.369 e. The van der Waals surface area contributed by atoms with E-state index >= 15 is 0 Å². The van der Waals surface area contributed by atoms with E-state index in [0.717, 1.165) is 25.9 Å². The van der Waals surface area contributed by atoms with Crippen molar-refractivity contribution in [2.75, 3.05) is 26.2 Å². The summed E-state index contributed by atoms with van der Waals surface area (Å²) in [7, 11) is 0. The van der Waals surface area contributed by atoms with Crippen LogP contribution in [0.4, 0.5) is 0 Å². The van der Waals surface area contributed by atoms with Crippen molar-refractivity contribution < 1.29 is 4.79 Å². The maximum absolute atomic E-state index is 10.8. The Morgan fingerprint density at radius 3 is 2.43 bits per heavy atom. The molecule has 0 radical (unpaired) electrons. The molecule has 0 aromatic carbocycles. The second kappa shape index (κ2) is 7.76. The molecular formula is C10H23N3O. The number of hydrogen-bond acceptors (Lipinski definition) is 3. The van der Waals surface area contributed by atoms with Crippen LogP contribution in [0.15, 0.2) is 0 Å². The first-order valence-corrected chi connectivity index (χ1v) is 5.27. The number of carbonyl (C=O) groups excluding carboxylic acids is 1. The monoisotopic (exact) mass is 201 g/mol. The Hall–Kier alpha value is -0.610. The van der Waals surface area contributed by atoms with Crippen molar-refractivity contribution in [3.63, 3.8) is 0 Å². The summed E-state index contributed by atoms with van der Waals surface area (Å²) in [5, 5.41) is 0. The lowest BCUT2D eigenvalue weighted by Crippen LogP contribution is -2.37. The van der Waals surface area contributed by atoms with Gasteiger partial charge in [-0.15, -0.1) is 0 Å². The maximum Gasteiger partial charge on any atom is 0.231 e. The van der Waals surface area contributed by atoms with Gasteiger partial charge in [-0.2, -0.15) is 0 Å². The Morgan fingerprint density at radius 1 is 1.36 bits per heavy atom. The number of nitrogens with zero attached hydrogens (tertiary/aromatic N) is 1. The van der Waals surface area contributed by atoms with Crippen LogP contribution in [0.5, 0.6) is 0 Å². The van der Waals surface area contributed by atoms with Crippen LogP contribution in [0, 0.1) is 5.92 Å². The van der Waals surface area contributed by atoms with Gasteiger partial charge in [-0.3, -0.25) is 9.69 Å². The Bertz CT molecular complexity index is 159. The van der Waals surface area contributed by atoms with E-state index in [4.69, 9.17) is 11.5 Å². The van der Waals surface area contributed by atoms with Gasteiger partial charge in [0.1, 0.15) is 0 Å². The quantitative estimate of drug-likeness (QED) is 0.550. The van der Waals surface area contributed by atoms with Crippen molar-refractivity contribution >= 4 is 5.91 Å². The lowest BCUT2D eigenvalue weighted by molar-refractivity contribution is -0.119. The predicted molar refractivity (Wildman–Crippen MR) is 58.8 cm³/mol. The highest BCUT2D eigenvalue weighted by Crippen LogP contribution is 2.00. The summed E-state index contributed by atoms with van der Waals surface area (Å²) in [6, 6.07) is 0. The second-order valence-corrected chi connectivity index (χ2v) is 4.09. The van der Waals surface area contributed by atoms with E-state index in [1.165, 1.54) is 0 Å². The van der Waals surface area contributed by atoms with E-state index in [1.54, 1.807) is 0 Å². The molecule has 0 spiro atoms. The topological polar surface area (TPSA) is 72.3 Å². The fourth-order valence-corrected chi connectivity index (χ4v) is 1.45. The molecule has 0 aliphatic rings. The minimum absolute atomic E-state index is 0.251. The molecule has 0 unspecified atom stereocenters. The summed E-state index contributed by atoms with van der Waals surface area (Å²) in [6.45, 7) is 7.19. The molecule has 0 aliphatic carbocycles. The number of primary amides is 1. The van der Waals surface area contributed by atoms with Crippen LogP contribution in [0.25, 0.3) is 0 Å². The van der Waals surface area contributed by atoms with Gasteiger partial charge in [0, 0.05) is 6.54 Å². The molecule has 0 bridgehead atoms. The highest BCUT2D eigenvalue weighted by Gasteiger charge is 2.09. The first-order valence-electron chi connectivity index (χ1n) is 5.27. The fraction of sp³-hybridized carbons (Fsp3) is 0.900. The average molecular weight is 201 g/mol. The molecule has 4 heteroatoms. The normalized spacial score (nSPS) is 11.2. The zero-order valence-electron chi connectivity index (χ0n) is 9.33. The van der Waals surface area contributed by atoms with Crippen LogP contribution < -0.4 is 11.5 Å². The van der Waals surface area contributed by atoms with Gasteiger partial charge < -0.3 is 11.5 Å². The number of carbonyl (C=O) groups is 1. The number of hydrogen-bond donors (Lipinski definition) is 2. The third-order valence-electron chi connectivity index (χ3n) is 1.93. The van der Waals surface area contributed by atoms with Crippen LogP contribution in [-0.4, -0.2) is 37.0 Å². The molecule has 84 valence electrons. The Labute approximate surface area is 86.6 Å². The smallest absolute Gasteiger partial charge is 0.231 e. The molecule has 0 aromatic heterocycles. The maximum atomic E-state index is 10.8. The lowest BCUT2D eigenvalue weighted by atomic mass is 10.2. The molecule has 0 heterocycles. The highest BCUT2D eigenvalue weighted by atomic mass is 16.1. The van der Waals surface area contributed by atoms with E-state index in [-0.39, 0.29) is 5.91 Å². The third-order valence-corrected chi connectivity index (χ3v) is 1.93. The number of nitrogens with two attached hydrogens (primary N) is 2. The van der Waals surface area contributed by atoms with Crippen LogP contribution >= 0.6 is 0 Å². The van der Waals surface area contributed by atoms with Gasteiger partial charge >= 0.3 is 0 Å². The Balaban J connectivity index is 3.78. The van der Waals surface area contributed by atoms with Gasteiger partial charge in [0.15, 0.2) is 0 Å². The molecule has 1 amide bonds. The van der Waals surface area contributed by atoms with Gasteiger partial charge in [0.05, 0.1) is 6.54 Å². The second-order valence-electron chi connectivity index (χ2n) is 4.09. The van der Waals surface area contributed by atoms with E-state index < -0.39 is 0 Å². The van der Waals surface area contributed by atoms with Crippen molar-refractivity contribution in [3.05, 3.63) is 0 Å². The summed E-state index contributed by atoms with van der Waals surface area (Å²) in [5.74, 6) is 0.311. The third kappa shape index (κ3) is 8.01. The fourth-order valence-electron chi connectivity index (χ4n) is 1.45. The summed E-state index contributed by atoms with van der Waals surface area (Å²) in [5.41, 5.74) is 10.6. The van der Waals surface area contributed by atoms with Crippen molar-refractivity contribution in [1.82, 2.24) is 4.90 Å². The van der Waals surface area contributed by atoms with Crippen LogP contribution in [0.3, 0.4) is 0 Å². The molecular weight excluding hydrogens is 178 g/mol. The summed E-state index contributed by atoms with van der Waals surface area (Å²) < 4.78 is 0. The molecule has 0 saturated carbocycles. The van der Waals surface area contributed by atoms with Crippen LogP contribution in [-0.2, 0) is 4.79 Å². The van der Waals surface area contributed by atoms with Crippen LogP contribution in [0.1, 0.15) is 26.7 Å². The first kappa shape index (κ1) is 13.4. The van der Waals surface area contributed by atoms with Crippen molar-refractivity contribution in [3.8, 4) is 0 Å². The first-order chi connectivity index (χ1) is 6.56. The zero-order chi connectivity index (χ0) is 11.0. The number of rotatable bonds is 8. The van der Waals surface area contributed by atoms with Crippen molar-refractivity contribution in [2.24, 2.45) is 17.4 Å². The minimum Gasteiger partial charge on any atom is -0.369 e. The van der Waals surface area contributed by atoms with E-state index in [2.05, 4.69) is 18.7 Å². The van der Waals surface area contributed by atoms with Crippen molar-refractivity contribution in [2.45, 2.75) is 26.7 Å². The summed E-state index contributed by atoms with van der Waals surface area (Å²) >= 11 is 0. The molecule has 0 aliphatic heterocycles. The zero-order valence-corrected chi connectivity index (χ0v) is 9.33. The molecule has 4 N–H and O–H groups in total. The SMILES string of the molecule is CC(C)CN(CCCCN)CC(N)=O. The highest BCUT2D eigenvalue weighted by molar-refractivity contribution is 5.75. The van der Waals surface area contributed by atoms with Gasteiger partial charge in [-0.25, -0.2) is 0 Å². The summed E-state index contributed by atoms with van der Waals surface area (Å²) in [6.07, 6.45) is 2.05. The van der Waals surface area contributed by atoms with Gasteiger partial charge in [0.2, 0.25) is 5.91 Å². The molecule has 0 atom stereocenters. The molecule has 0 fully saturated rings. The van der Waals surface area contributed by atoms with Crippen molar-refractivity contribution in [1.29, 1.82) is 0 Å².